The van der Waals surface area contributed by atoms with E-state index in [0.29, 0.717) is 24.3 Å². The number of nitrogens with one attached hydrogen (secondary N) is 1. The number of carbonyl (C=O) groups is 2. The molecule has 24 heavy (non-hydrogen) atoms. The number of hydrogen-bond donors (Lipinski definition) is 1. The molecule has 1 aliphatic rings. The van der Waals surface area contributed by atoms with E-state index in [1.165, 1.54) is 0 Å². The molecule has 3 rings (SSSR count). The van der Waals surface area contributed by atoms with Crippen molar-refractivity contribution in [1.82, 2.24) is 15.2 Å². The second-order valence-corrected chi connectivity index (χ2v) is 6.68. The summed E-state index contributed by atoms with van der Waals surface area (Å²) >= 11 is 3.36. The zero-order chi connectivity index (χ0) is 16.9. The second-order valence-electron chi connectivity index (χ2n) is 5.76. The molecular weight excluding hydrogens is 370 g/mol. The van der Waals surface area contributed by atoms with E-state index in [-0.39, 0.29) is 17.9 Å². The molecule has 0 saturated carbocycles. The standard InChI is InChI=1S/C18H18BrN3O2/c19-14-6-4-13(5-7-14)17(23)21-15-8-11-22(12-9-15)18(24)16-3-1-2-10-20-16/h1-7,10,15H,8-9,11-12H2,(H,21,23). The Morgan fingerprint density at radius 2 is 1.79 bits per heavy atom. The summed E-state index contributed by atoms with van der Waals surface area (Å²) in [6, 6.07) is 12.7. The number of amides is 2. The Balaban J connectivity index is 1.53. The van der Waals surface area contributed by atoms with Gasteiger partial charge in [-0.3, -0.25) is 14.6 Å². The van der Waals surface area contributed by atoms with Crippen LogP contribution in [0.4, 0.5) is 0 Å². The first-order chi connectivity index (χ1) is 11.6. The maximum absolute atomic E-state index is 12.4. The van der Waals surface area contributed by atoms with E-state index in [2.05, 4.69) is 26.2 Å². The first-order valence-electron chi connectivity index (χ1n) is 7.90. The number of halogens is 1. The number of piperidine rings is 1. The van der Waals surface area contributed by atoms with Crippen molar-refractivity contribution in [2.45, 2.75) is 18.9 Å². The predicted octanol–water partition coefficient (Wildman–Crippen LogP) is 2.88. The van der Waals surface area contributed by atoms with E-state index in [9.17, 15) is 9.59 Å². The van der Waals surface area contributed by atoms with Crippen LogP contribution in [0.2, 0.25) is 0 Å². The van der Waals surface area contributed by atoms with Crippen LogP contribution in [-0.4, -0.2) is 40.8 Å². The van der Waals surface area contributed by atoms with Crippen LogP contribution in [-0.2, 0) is 0 Å². The normalized spacial score (nSPS) is 15.1. The van der Waals surface area contributed by atoms with Crippen LogP contribution in [0, 0.1) is 0 Å². The topological polar surface area (TPSA) is 62.3 Å². The molecular formula is C18H18BrN3O2. The lowest BCUT2D eigenvalue weighted by Crippen LogP contribution is -2.46. The van der Waals surface area contributed by atoms with Gasteiger partial charge in [-0.15, -0.1) is 0 Å². The van der Waals surface area contributed by atoms with Gasteiger partial charge in [0.1, 0.15) is 5.69 Å². The third-order valence-electron chi connectivity index (χ3n) is 4.11. The Bertz CT molecular complexity index is 711. The van der Waals surface area contributed by atoms with Crippen LogP contribution in [0.25, 0.3) is 0 Å². The first-order valence-corrected chi connectivity index (χ1v) is 8.69. The summed E-state index contributed by atoms with van der Waals surface area (Å²) in [5, 5.41) is 3.05. The average Bonchev–Trinajstić information content (AvgIpc) is 2.63. The minimum absolute atomic E-state index is 0.0479. The zero-order valence-electron chi connectivity index (χ0n) is 13.1. The van der Waals surface area contributed by atoms with E-state index in [1.807, 2.05) is 18.2 Å². The van der Waals surface area contributed by atoms with Crippen molar-refractivity contribution in [3.63, 3.8) is 0 Å². The fourth-order valence-corrected chi connectivity index (χ4v) is 3.01. The van der Waals surface area contributed by atoms with Crippen LogP contribution in [0.15, 0.2) is 53.1 Å². The van der Waals surface area contributed by atoms with Gasteiger partial charge in [0.2, 0.25) is 0 Å². The zero-order valence-corrected chi connectivity index (χ0v) is 14.7. The minimum Gasteiger partial charge on any atom is -0.349 e. The van der Waals surface area contributed by atoms with Crippen molar-refractivity contribution in [2.75, 3.05) is 13.1 Å². The first kappa shape index (κ1) is 16.6. The molecule has 0 unspecified atom stereocenters. The SMILES string of the molecule is O=C(NC1CCN(C(=O)c2ccccn2)CC1)c1ccc(Br)cc1. The van der Waals surface area contributed by atoms with Gasteiger partial charge in [-0.1, -0.05) is 22.0 Å². The molecule has 1 fully saturated rings. The molecule has 1 saturated heterocycles. The maximum Gasteiger partial charge on any atom is 0.272 e. The summed E-state index contributed by atoms with van der Waals surface area (Å²) in [6.07, 6.45) is 3.13. The summed E-state index contributed by atoms with van der Waals surface area (Å²) in [6.45, 7) is 1.25. The predicted molar refractivity (Wildman–Crippen MR) is 94.8 cm³/mol. The van der Waals surface area contributed by atoms with Crippen LogP contribution in [0.5, 0.6) is 0 Å². The second kappa shape index (κ2) is 7.57. The highest BCUT2D eigenvalue weighted by Crippen LogP contribution is 2.15. The van der Waals surface area contributed by atoms with Gasteiger partial charge < -0.3 is 10.2 Å². The molecule has 0 radical (unpaired) electrons. The van der Waals surface area contributed by atoms with Crippen molar-refractivity contribution < 1.29 is 9.59 Å². The highest BCUT2D eigenvalue weighted by atomic mass is 79.9. The molecule has 1 aliphatic heterocycles. The Labute approximate surface area is 149 Å². The number of hydrogen-bond acceptors (Lipinski definition) is 3. The molecule has 2 amide bonds. The summed E-state index contributed by atoms with van der Waals surface area (Å²) in [5.41, 5.74) is 1.11. The van der Waals surface area contributed by atoms with Crippen molar-refractivity contribution in [3.8, 4) is 0 Å². The summed E-state index contributed by atoms with van der Waals surface area (Å²) < 4.78 is 0.945. The number of rotatable bonds is 3. The number of benzene rings is 1. The lowest BCUT2D eigenvalue weighted by Gasteiger charge is -2.32. The molecule has 2 aromatic rings. The van der Waals surface area contributed by atoms with E-state index < -0.39 is 0 Å². The Morgan fingerprint density at radius 3 is 2.42 bits per heavy atom. The van der Waals surface area contributed by atoms with Gasteiger partial charge >= 0.3 is 0 Å². The van der Waals surface area contributed by atoms with Crippen molar-refractivity contribution in [2.24, 2.45) is 0 Å². The quantitative estimate of drug-likeness (QED) is 0.880. The molecule has 0 bridgehead atoms. The third-order valence-corrected chi connectivity index (χ3v) is 4.64. The molecule has 124 valence electrons. The van der Waals surface area contributed by atoms with E-state index in [1.54, 1.807) is 35.4 Å². The van der Waals surface area contributed by atoms with Gasteiger partial charge in [0.15, 0.2) is 0 Å². The average molecular weight is 388 g/mol. The third kappa shape index (κ3) is 4.00. The van der Waals surface area contributed by atoms with E-state index in [0.717, 1.165) is 17.3 Å². The van der Waals surface area contributed by atoms with Gasteiger partial charge in [0, 0.05) is 35.4 Å². The lowest BCUT2D eigenvalue weighted by atomic mass is 10.0. The number of carbonyl (C=O) groups excluding carboxylic acids is 2. The van der Waals surface area contributed by atoms with Gasteiger partial charge in [0.05, 0.1) is 0 Å². The highest BCUT2D eigenvalue weighted by Gasteiger charge is 2.25. The molecule has 0 aliphatic carbocycles. The molecule has 0 atom stereocenters. The van der Waals surface area contributed by atoms with Gasteiger partial charge in [0.25, 0.3) is 11.8 Å². The van der Waals surface area contributed by atoms with Gasteiger partial charge in [-0.05, 0) is 49.2 Å². The smallest absolute Gasteiger partial charge is 0.272 e. The molecule has 1 aromatic heterocycles. The number of nitrogens with zero attached hydrogens (tertiary/aromatic N) is 2. The van der Waals surface area contributed by atoms with Crippen LogP contribution in [0.3, 0.4) is 0 Å². The molecule has 1 N–H and O–H groups in total. The summed E-state index contributed by atoms with van der Waals surface area (Å²) in [7, 11) is 0. The van der Waals surface area contributed by atoms with Crippen molar-refractivity contribution >= 4 is 27.7 Å². The largest absolute Gasteiger partial charge is 0.349 e. The van der Waals surface area contributed by atoms with Crippen molar-refractivity contribution in [1.29, 1.82) is 0 Å². The Hall–Kier alpha value is -2.21. The Morgan fingerprint density at radius 1 is 1.08 bits per heavy atom. The van der Waals surface area contributed by atoms with Gasteiger partial charge in [-0.2, -0.15) is 0 Å². The lowest BCUT2D eigenvalue weighted by molar-refractivity contribution is 0.0692. The molecule has 1 aromatic carbocycles. The fraction of sp³-hybridized carbons (Fsp3) is 0.278. The summed E-state index contributed by atoms with van der Waals surface area (Å²) in [4.78, 5) is 30.5. The van der Waals surface area contributed by atoms with Crippen LogP contribution in [0.1, 0.15) is 33.7 Å². The van der Waals surface area contributed by atoms with Gasteiger partial charge in [-0.25, -0.2) is 0 Å². The highest BCUT2D eigenvalue weighted by molar-refractivity contribution is 9.10. The van der Waals surface area contributed by atoms with Crippen LogP contribution < -0.4 is 5.32 Å². The van der Waals surface area contributed by atoms with E-state index >= 15 is 0 Å². The van der Waals surface area contributed by atoms with E-state index in [4.69, 9.17) is 0 Å². The maximum atomic E-state index is 12.4. The monoisotopic (exact) mass is 387 g/mol. The number of pyridine rings is 1. The van der Waals surface area contributed by atoms with Crippen molar-refractivity contribution in [3.05, 3.63) is 64.4 Å². The summed E-state index contributed by atoms with van der Waals surface area (Å²) in [5.74, 6) is -0.120. The minimum atomic E-state index is -0.0722. The number of likely N-dealkylation sites (tertiary alicyclic amines) is 1. The molecule has 2 heterocycles. The van der Waals surface area contributed by atoms with Crippen LogP contribution >= 0.6 is 15.9 Å². The molecule has 0 spiro atoms. The Kier molecular flexibility index (Phi) is 5.25. The molecule has 6 heteroatoms. The fourth-order valence-electron chi connectivity index (χ4n) is 2.75. The molecule has 5 nitrogen and oxygen atoms in total. The number of aromatic nitrogens is 1.